The van der Waals surface area contributed by atoms with Crippen molar-refractivity contribution in [1.82, 2.24) is 10.2 Å². The molecule has 2 atom stereocenters. The Morgan fingerprint density at radius 2 is 2.29 bits per heavy atom. The van der Waals surface area contributed by atoms with E-state index >= 15 is 0 Å². The van der Waals surface area contributed by atoms with Crippen LogP contribution in [0, 0.1) is 0 Å². The first-order chi connectivity index (χ1) is 10.2. The minimum atomic E-state index is 0.310. The molecule has 4 heteroatoms. The Kier molecular flexibility index (Phi) is 6.97. The second-order valence-corrected chi connectivity index (χ2v) is 6.39. The van der Waals surface area contributed by atoms with E-state index in [4.69, 9.17) is 11.6 Å². The van der Waals surface area contributed by atoms with Gasteiger partial charge in [-0.3, -0.25) is 4.90 Å². The number of hydrogen-bond acceptors (Lipinski definition) is 3. The van der Waals surface area contributed by atoms with Crippen molar-refractivity contribution in [3.63, 3.8) is 0 Å². The Balaban J connectivity index is 1.61. The molecule has 1 aromatic carbocycles. The van der Waals surface area contributed by atoms with Crippen LogP contribution in [0.15, 0.2) is 24.3 Å². The summed E-state index contributed by atoms with van der Waals surface area (Å²) in [4.78, 5) is 2.43. The lowest BCUT2D eigenvalue weighted by atomic mass is 10.1. The Labute approximate surface area is 133 Å². The Morgan fingerprint density at radius 1 is 1.43 bits per heavy atom. The highest BCUT2D eigenvalue weighted by Gasteiger charge is 2.22. The fourth-order valence-corrected chi connectivity index (χ4v) is 3.25. The molecule has 2 rings (SSSR count). The van der Waals surface area contributed by atoms with Crippen LogP contribution in [0.1, 0.15) is 44.2 Å². The minimum Gasteiger partial charge on any atom is -0.395 e. The van der Waals surface area contributed by atoms with E-state index in [1.165, 1.54) is 24.8 Å². The summed E-state index contributed by atoms with van der Waals surface area (Å²) in [5.41, 5.74) is 1.24. The zero-order chi connectivity index (χ0) is 15.1. The summed E-state index contributed by atoms with van der Waals surface area (Å²) in [6, 6.07) is 8.78. The molecule has 0 saturated carbocycles. The van der Waals surface area contributed by atoms with Crippen molar-refractivity contribution in [2.45, 2.75) is 44.7 Å². The Morgan fingerprint density at radius 3 is 3.05 bits per heavy atom. The third kappa shape index (κ3) is 5.26. The average molecular weight is 311 g/mol. The number of hydrogen-bond donors (Lipinski definition) is 2. The molecule has 118 valence electrons. The summed E-state index contributed by atoms with van der Waals surface area (Å²) in [7, 11) is 0. The molecule has 2 unspecified atom stereocenters. The van der Waals surface area contributed by atoms with Crippen LogP contribution in [0.4, 0.5) is 0 Å². The molecular weight excluding hydrogens is 284 g/mol. The summed E-state index contributed by atoms with van der Waals surface area (Å²) in [6.45, 7) is 5.76. The van der Waals surface area contributed by atoms with Crippen LogP contribution in [0.2, 0.25) is 5.02 Å². The van der Waals surface area contributed by atoms with Gasteiger partial charge < -0.3 is 10.4 Å². The van der Waals surface area contributed by atoms with Crippen LogP contribution in [-0.2, 0) is 0 Å². The number of likely N-dealkylation sites (tertiary alicyclic amines) is 1. The van der Waals surface area contributed by atoms with E-state index in [2.05, 4.69) is 23.2 Å². The largest absolute Gasteiger partial charge is 0.395 e. The van der Waals surface area contributed by atoms with Gasteiger partial charge in [0.2, 0.25) is 0 Å². The predicted octanol–water partition coefficient (Wildman–Crippen LogP) is 3.23. The summed E-state index contributed by atoms with van der Waals surface area (Å²) in [5.74, 6) is 0. The van der Waals surface area contributed by atoms with Crippen molar-refractivity contribution in [2.24, 2.45) is 0 Å². The van der Waals surface area contributed by atoms with Gasteiger partial charge in [0.1, 0.15) is 0 Å². The molecule has 1 aliphatic heterocycles. The quantitative estimate of drug-likeness (QED) is 0.724. The highest BCUT2D eigenvalue weighted by Crippen LogP contribution is 2.18. The third-order valence-corrected chi connectivity index (χ3v) is 4.62. The average Bonchev–Trinajstić information content (AvgIpc) is 2.94. The number of nitrogens with zero attached hydrogens (tertiary/aromatic N) is 1. The Hall–Kier alpha value is -0.610. The van der Waals surface area contributed by atoms with Gasteiger partial charge in [-0.05, 0) is 69.9 Å². The summed E-state index contributed by atoms with van der Waals surface area (Å²) < 4.78 is 0. The summed E-state index contributed by atoms with van der Waals surface area (Å²) in [5, 5.41) is 13.6. The highest BCUT2D eigenvalue weighted by molar-refractivity contribution is 6.30. The smallest absolute Gasteiger partial charge is 0.0586 e. The number of unbranched alkanes of at least 4 members (excludes halogenated alkanes) is 1. The van der Waals surface area contributed by atoms with Crippen LogP contribution in [0.25, 0.3) is 0 Å². The molecular formula is C17H27ClN2O. The molecule has 0 radical (unpaired) electrons. The molecule has 1 aromatic rings. The molecule has 2 N–H and O–H groups in total. The SMILES string of the molecule is CC(NCCCCN1CCCC1CO)c1cccc(Cl)c1. The normalized spacial score (nSPS) is 20.8. The molecule has 0 spiro atoms. The summed E-state index contributed by atoms with van der Waals surface area (Å²) in [6.07, 6.45) is 4.74. The second kappa shape index (κ2) is 8.74. The van der Waals surface area contributed by atoms with Gasteiger partial charge in [0.25, 0.3) is 0 Å². The van der Waals surface area contributed by atoms with Crippen molar-refractivity contribution in [3.05, 3.63) is 34.9 Å². The zero-order valence-corrected chi connectivity index (χ0v) is 13.6. The number of aliphatic hydroxyl groups excluding tert-OH is 1. The standard InChI is InChI=1S/C17H27ClN2O/c1-14(15-6-4-7-16(18)12-15)19-9-2-3-10-20-11-5-8-17(20)13-21/h4,6-7,12,14,17,19,21H,2-3,5,8-11,13H2,1H3. The predicted molar refractivity (Wildman–Crippen MR) is 88.8 cm³/mol. The maximum Gasteiger partial charge on any atom is 0.0586 e. The molecule has 3 nitrogen and oxygen atoms in total. The maximum atomic E-state index is 9.30. The van der Waals surface area contributed by atoms with Crippen molar-refractivity contribution in [1.29, 1.82) is 0 Å². The molecule has 0 aliphatic carbocycles. The third-order valence-electron chi connectivity index (χ3n) is 4.38. The molecule has 1 saturated heterocycles. The van der Waals surface area contributed by atoms with Crippen LogP contribution in [-0.4, -0.2) is 42.3 Å². The van der Waals surface area contributed by atoms with E-state index in [1.807, 2.05) is 18.2 Å². The van der Waals surface area contributed by atoms with Gasteiger partial charge in [0.15, 0.2) is 0 Å². The van der Waals surface area contributed by atoms with Crippen molar-refractivity contribution in [3.8, 4) is 0 Å². The van der Waals surface area contributed by atoms with Crippen molar-refractivity contribution < 1.29 is 5.11 Å². The highest BCUT2D eigenvalue weighted by atomic mass is 35.5. The first kappa shape index (κ1) is 16.8. The molecule has 1 heterocycles. The van der Waals surface area contributed by atoms with Gasteiger partial charge in [-0.1, -0.05) is 23.7 Å². The van der Waals surface area contributed by atoms with Gasteiger partial charge in [0.05, 0.1) is 6.61 Å². The van der Waals surface area contributed by atoms with Gasteiger partial charge in [-0.15, -0.1) is 0 Å². The maximum absolute atomic E-state index is 9.30. The van der Waals surface area contributed by atoms with E-state index in [-0.39, 0.29) is 0 Å². The van der Waals surface area contributed by atoms with E-state index < -0.39 is 0 Å². The number of halogens is 1. The monoisotopic (exact) mass is 310 g/mol. The molecule has 1 fully saturated rings. The number of nitrogens with one attached hydrogen (secondary N) is 1. The van der Waals surface area contributed by atoms with E-state index in [0.717, 1.165) is 31.1 Å². The number of rotatable bonds is 8. The molecule has 21 heavy (non-hydrogen) atoms. The lowest BCUT2D eigenvalue weighted by Crippen LogP contribution is -2.33. The fraction of sp³-hybridized carbons (Fsp3) is 0.647. The first-order valence-corrected chi connectivity index (χ1v) is 8.42. The second-order valence-electron chi connectivity index (χ2n) is 5.95. The molecule has 1 aliphatic rings. The molecule has 0 bridgehead atoms. The van der Waals surface area contributed by atoms with Crippen LogP contribution >= 0.6 is 11.6 Å². The molecule has 0 aromatic heterocycles. The van der Waals surface area contributed by atoms with E-state index in [9.17, 15) is 5.11 Å². The van der Waals surface area contributed by atoms with Crippen LogP contribution in [0.3, 0.4) is 0 Å². The van der Waals surface area contributed by atoms with Gasteiger partial charge in [-0.2, -0.15) is 0 Å². The van der Waals surface area contributed by atoms with Crippen LogP contribution in [0.5, 0.6) is 0 Å². The molecule has 0 amide bonds. The number of aliphatic hydroxyl groups is 1. The lowest BCUT2D eigenvalue weighted by Gasteiger charge is -2.22. The van der Waals surface area contributed by atoms with Gasteiger partial charge in [0, 0.05) is 17.1 Å². The van der Waals surface area contributed by atoms with Gasteiger partial charge in [-0.25, -0.2) is 0 Å². The fourth-order valence-electron chi connectivity index (χ4n) is 3.05. The topological polar surface area (TPSA) is 35.5 Å². The zero-order valence-electron chi connectivity index (χ0n) is 12.9. The summed E-state index contributed by atoms with van der Waals surface area (Å²) >= 11 is 6.02. The number of benzene rings is 1. The van der Waals surface area contributed by atoms with Gasteiger partial charge >= 0.3 is 0 Å². The van der Waals surface area contributed by atoms with E-state index in [0.29, 0.717) is 18.7 Å². The Bertz CT molecular complexity index is 427. The van der Waals surface area contributed by atoms with Crippen molar-refractivity contribution in [2.75, 3.05) is 26.2 Å². The lowest BCUT2D eigenvalue weighted by molar-refractivity contribution is 0.157. The van der Waals surface area contributed by atoms with Crippen LogP contribution < -0.4 is 5.32 Å². The van der Waals surface area contributed by atoms with Crippen molar-refractivity contribution >= 4 is 11.6 Å². The first-order valence-electron chi connectivity index (χ1n) is 8.04. The van der Waals surface area contributed by atoms with E-state index in [1.54, 1.807) is 0 Å². The minimum absolute atomic E-state index is 0.310.